The Morgan fingerprint density at radius 3 is 2.35 bits per heavy atom. The van der Waals surface area contributed by atoms with Gasteiger partial charge in [-0.2, -0.15) is 0 Å². The second kappa shape index (κ2) is 7.38. The molecule has 1 N–H and O–H groups in total. The summed E-state index contributed by atoms with van der Waals surface area (Å²) >= 11 is 0. The van der Waals surface area contributed by atoms with E-state index >= 15 is 0 Å². The molecule has 1 aromatic heterocycles. The van der Waals surface area contributed by atoms with Crippen LogP contribution >= 0.6 is 0 Å². The normalized spacial score (nSPS) is 14.3. The van der Waals surface area contributed by atoms with Crippen LogP contribution in [0.2, 0.25) is 0 Å². The topological polar surface area (TPSA) is 91.1 Å². The summed E-state index contributed by atoms with van der Waals surface area (Å²) in [5.74, 6) is -2.25. The molecule has 2 amide bonds. The number of piperazine rings is 1. The maximum absolute atomic E-state index is 13.7. The molecule has 2 heterocycles. The SMILES string of the molecule is O=C(O)c1coc(C(=O)N2CCN(C(=O)Cc3ccccc3F)CC2)c1. The van der Waals surface area contributed by atoms with E-state index < -0.39 is 17.7 Å². The second-order valence-electron chi connectivity index (χ2n) is 5.95. The third-order valence-electron chi connectivity index (χ3n) is 4.28. The van der Waals surface area contributed by atoms with Crippen molar-refractivity contribution in [2.45, 2.75) is 6.42 Å². The number of furan rings is 1. The highest BCUT2D eigenvalue weighted by Gasteiger charge is 2.27. The van der Waals surface area contributed by atoms with E-state index in [1.165, 1.54) is 17.0 Å². The van der Waals surface area contributed by atoms with Gasteiger partial charge in [0.15, 0.2) is 5.76 Å². The van der Waals surface area contributed by atoms with Crippen LogP contribution < -0.4 is 0 Å². The zero-order valence-corrected chi connectivity index (χ0v) is 13.9. The lowest BCUT2D eigenvalue weighted by molar-refractivity contribution is -0.132. The molecule has 0 unspecified atom stereocenters. The summed E-state index contributed by atoms with van der Waals surface area (Å²) < 4.78 is 18.7. The van der Waals surface area contributed by atoms with Crippen LogP contribution in [0, 0.1) is 5.82 Å². The largest absolute Gasteiger partial charge is 0.478 e. The van der Waals surface area contributed by atoms with Crippen molar-refractivity contribution in [3.05, 3.63) is 59.3 Å². The van der Waals surface area contributed by atoms with Gasteiger partial charge in [0.25, 0.3) is 5.91 Å². The Labute approximate surface area is 148 Å². The number of benzene rings is 1. The lowest BCUT2D eigenvalue weighted by atomic mass is 10.1. The summed E-state index contributed by atoms with van der Waals surface area (Å²) in [5, 5.41) is 8.87. The zero-order chi connectivity index (χ0) is 18.7. The molecule has 7 nitrogen and oxygen atoms in total. The molecule has 1 aliphatic heterocycles. The lowest BCUT2D eigenvalue weighted by Crippen LogP contribution is -2.51. The van der Waals surface area contributed by atoms with E-state index in [0.29, 0.717) is 31.7 Å². The van der Waals surface area contributed by atoms with E-state index in [1.54, 1.807) is 23.1 Å². The third-order valence-corrected chi connectivity index (χ3v) is 4.28. The van der Waals surface area contributed by atoms with Crippen LogP contribution in [0.3, 0.4) is 0 Å². The van der Waals surface area contributed by atoms with Gasteiger partial charge in [-0.05, 0) is 11.6 Å². The molecular weight excluding hydrogens is 343 g/mol. The summed E-state index contributed by atoms with van der Waals surface area (Å²) in [6.45, 7) is 1.24. The monoisotopic (exact) mass is 360 g/mol. The minimum Gasteiger partial charge on any atom is -0.478 e. The van der Waals surface area contributed by atoms with Crippen LogP contribution in [-0.4, -0.2) is 58.9 Å². The molecule has 1 saturated heterocycles. The number of carboxylic acids is 1. The maximum atomic E-state index is 13.7. The first-order chi connectivity index (χ1) is 12.5. The van der Waals surface area contributed by atoms with Crippen molar-refractivity contribution in [3.8, 4) is 0 Å². The molecule has 26 heavy (non-hydrogen) atoms. The Bertz CT molecular complexity index is 840. The lowest BCUT2D eigenvalue weighted by Gasteiger charge is -2.34. The van der Waals surface area contributed by atoms with Gasteiger partial charge in [-0.25, -0.2) is 9.18 Å². The molecular formula is C18H17FN2O5. The molecule has 1 fully saturated rings. The third kappa shape index (κ3) is 3.74. The minimum atomic E-state index is -1.17. The fourth-order valence-electron chi connectivity index (χ4n) is 2.79. The molecule has 1 aliphatic rings. The van der Waals surface area contributed by atoms with Crippen molar-refractivity contribution in [2.24, 2.45) is 0 Å². The van der Waals surface area contributed by atoms with Crippen molar-refractivity contribution in [3.63, 3.8) is 0 Å². The van der Waals surface area contributed by atoms with E-state index in [2.05, 4.69) is 0 Å². The van der Waals surface area contributed by atoms with Gasteiger partial charge in [0.1, 0.15) is 12.1 Å². The number of hydrogen-bond donors (Lipinski definition) is 1. The fourth-order valence-corrected chi connectivity index (χ4v) is 2.79. The van der Waals surface area contributed by atoms with Gasteiger partial charge >= 0.3 is 5.97 Å². The Kier molecular flexibility index (Phi) is 5.01. The molecule has 0 radical (unpaired) electrons. The van der Waals surface area contributed by atoms with Gasteiger partial charge in [-0.3, -0.25) is 9.59 Å². The molecule has 0 atom stereocenters. The molecule has 1 aromatic carbocycles. The number of carbonyl (C=O) groups excluding carboxylic acids is 2. The summed E-state index contributed by atoms with van der Waals surface area (Å²) in [7, 11) is 0. The number of carboxylic acid groups (broad SMARTS) is 1. The number of hydrogen-bond acceptors (Lipinski definition) is 4. The van der Waals surface area contributed by atoms with Crippen LogP contribution in [0.1, 0.15) is 26.5 Å². The van der Waals surface area contributed by atoms with Gasteiger partial charge in [0, 0.05) is 32.2 Å². The molecule has 0 bridgehead atoms. The van der Waals surface area contributed by atoms with Gasteiger partial charge in [0.2, 0.25) is 5.91 Å². The van der Waals surface area contributed by atoms with Crippen LogP contribution in [0.25, 0.3) is 0 Å². The number of rotatable bonds is 4. The van der Waals surface area contributed by atoms with E-state index in [1.807, 2.05) is 0 Å². The number of carbonyl (C=O) groups is 3. The van der Waals surface area contributed by atoms with Crippen LogP contribution in [0.4, 0.5) is 4.39 Å². The first-order valence-electron chi connectivity index (χ1n) is 8.08. The van der Waals surface area contributed by atoms with Gasteiger partial charge in [-0.1, -0.05) is 18.2 Å². The summed E-state index contributed by atoms with van der Waals surface area (Å²) in [4.78, 5) is 38.6. The molecule has 0 spiro atoms. The summed E-state index contributed by atoms with van der Waals surface area (Å²) in [6.07, 6.45) is 0.991. The predicted octanol–water partition coefficient (Wildman–Crippen LogP) is 1.64. The molecule has 8 heteroatoms. The van der Waals surface area contributed by atoms with Crippen molar-refractivity contribution in [2.75, 3.05) is 26.2 Å². The van der Waals surface area contributed by atoms with Gasteiger partial charge < -0.3 is 19.3 Å². The van der Waals surface area contributed by atoms with E-state index in [4.69, 9.17) is 9.52 Å². The molecule has 0 saturated carbocycles. The van der Waals surface area contributed by atoms with Crippen molar-refractivity contribution in [1.29, 1.82) is 0 Å². The Balaban J connectivity index is 1.56. The Morgan fingerprint density at radius 2 is 1.73 bits per heavy atom. The molecule has 0 aliphatic carbocycles. The highest BCUT2D eigenvalue weighted by atomic mass is 19.1. The predicted molar refractivity (Wildman–Crippen MR) is 88.3 cm³/mol. The number of amides is 2. The highest BCUT2D eigenvalue weighted by Crippen LogP contribution is 2.14. The van der Waals surface area contributed by atoms with Gasteiger partial charge in [0.05, 0.1) is 12.0 Å². The first-order valence-corrected chi connectivity index (χ1v) is 8.08. The number of halogens is 1. The minimum absolute atomic E-state index is 0.0270. The smallest absolute Gasteiger partial charge is 0.338 e. The van der Waals surface area contributed by atoms with Gasteiger partial charge in [-0.15, -0.1) is 0 Å². The van der Waals surface area contributed by atoms with Crippen molar-refractivity contribution >= 4 is 17.8 Å². The second-order valence-corrected chi connectivity index (χ2v) is 5.95. The standard InChI is InChI=1S/C18H17FN2O5/c19-14-4-2-1-3-12(14)10-16(22)20-5-7-21(8-6-20)17(23)15-9-13(11-26-15)18(24)25/h1-4,9,11H,5-8,10H2,(H,24,25). The fraction of sp³-hybridized carbons (Fsp3) is 0.278. The first kappa shape index (κ1) is 17.7. The van der Waals surface area contributed by atoms with E-state index in [-0.39, 0.29) is 23.7 Å². The Morgan fingerprint density at radius 1 is 1.08 bits per heavy atom. The number of aromatic carboxylic acids is 1. The quantitative estimate of drug-likeness (QED) is 0.895. The maximum Gasteiger partial charge on any atom is 0.338 e. The van der Waals surface area contributed by atoms with Crippen LogP contribution in [-0.2, 0) is 11.2 Å². The molecule has 2 aromatic rings. The molecule has 136 valence electrons. The Hall–Kier alpha value is -3.16. The number of nitrogens with zero attached hydrogens (tertiary/aromatic N) is 2. The van der Waals surface area contributed by atoms with Crippen LogP contribution in [0.5, 0.6) is 0 Å². The summed E-state index contributed by atoms with van der Waals surface area (Å²) in [6, 6.07) is 7.31. The average Bonchev–Trinajstić information content (AvgIpc) is 3.13. The highest BCUT2D eigenvalue weighted by molar-refractivity contribution is 5.95. The summed E-state index contributed by atoms with van der Waals surface area (Å²) in [5.41, 5.74) is 0.250. The zero-order valence-electron chi connectivity index (χ0n) is 13.9. The van der Waals surface area contributed by atoms with Crippen LogP contribution in [0.15, 0.2) is 41.0 Å². The average molecular weight is 360 g/mol. The molecule has 3 rings (SSSR count). The van der Waals surface area contributed by atoms with Crippen molar-refractivity contribution in [1.82, 2.24) is 9.80 Å². The van der Waals surface area contributed by atoms with E-state index in [0.717, 1.165) is 6.26 Å². The van der Waals surface area contributed by atoms with E-state index in [9.17, 15) is 18.8 Å². The van der Waals surface area contributed by atoms with Crippen molar-refractivity contribution < 1.29 is 28.3 Å².